The van der Waals surface area contributed by atoms with Crippen LogP contribution in [0, 0.1) is 0 Å². The Bertz CT molecular complexity index is 1290. The molecule has 0 unspecified atom stereocenters. The molecule has 1 aliphatic carbocycles. The zero-order valence-electron chi connectivity index (χ0n) is 18.6. The van der Waals surface area contributed by atoms with Gasteiger partial charge in [0.15, 0.2) is 15.5 Å². The highest BCUT2D eigenvalue weighted by molar-refractivity contribution is 7.91. The smallest absolute Gasteiger partial charge is 0.274 e. The molecule has 6 rings (SSSR count). The van der Waals surface area contributed by atoms with Gasteiger partial charge in [-0.1, -0.05) is 12.1 Å². The minimum atomic E-state index is -3.01. The number of likely N-dealkylation sites (tertiary alicyclic amines) is 1. The summed E-state index contributed by atoms with van der Waals surface area (Å²) in [5.41, 5.74) is 3.77. The molecule has 2 aromatic heterocycles. The molecule has 33 heavy (non-hydrogen) atoms. The third-order valence-corrected chi connectivity index (χ3v) is 10.4. The lowest BCUT2D eigenvalue weighted by atomic mass is 9.94. The van der Waals surface area contributed by atoms with Gasteiger partial charge in [0.25, 0.3) is 5.91 Å². The van der Waals surface area contributed by atoms with Crippen LogP contribution in [0.2, 0.25) is 0 Å². The summed E-state index contributed by atoms with van der Waals surface area (Å²) < 4.78 is 27.2. The SMILES string of the molecule is O=C(c1nn([C@H]2CCS(=O)(=O)C2)c2c1CCCC2)N1CCC(c2nc3ccccc3s2)CC1. The fourth-order valence-corrected chi connectivity index (χ4v) is 8.44. The molecular formula is C24H28N4O3S2. The number of nitrogens with zero attached hydrogens (tertiary/aromatic N) is 4. The topological polar surface area (TPSA) is 85.2 Å². The van der Waals surface area contributed by atoms with Gasteiger partial charge < -0.3 is 4.90 Å². The Balaban J connectivity index is 1.21. The molecule has 1 aromatic carbocycles. The number of carbonyl (C=O) groups excluding carboxylic acids is 1. The van der Waals surface area contributed by atoms with E-state index >= 15 is 0 Å². The van der Waals surface area contributed by atoms with Crippen molar-refractivity contribution in [1.82, 2.24) is 19.7 Å². The predicted octanol–water partition coefficient (Wildman–Crippen LogP) is 3.75. The van der Waals surface area contributed by atoms with Crippen LogP contribution in [-0.4, -0.2) is 58.6 Å². The summed E-state index contributed by atoms with van der Waals surface area (Å²) in [6, 6.07) is 8.11. The lowest BCUT2D eigenvalue weighted by molar-refractivity contribution is 0.0704. The number of rotatable bonds is 3. The summed E-state index contributed by atoms with van der Waals surface area (Å²) in [6.07, 6.45) is 6.28. The Labute approximate surface area is 197 Å². The van der Waals surface area contributed by atoms with E-state index in [4.69, 9.17) is 10.1 Å². The molecule has 2 aliphatic heterocycles. The first-order valence-corrected chi connectivity index (χ1v) is 14.6. The second-order valence-electron chi connectivity index (χ2n) is 9.57. The number of hydrogen-bond donors (Lipinski definition) is 0. The number of benzene rings is 1. The quantitative estimate of drug-likeness (QED) is 0.565. The molecule has 0 saturated carbocycles. The minimum Gasteiger partial charge on any atom is -0.337 e. The van der Waals surface area contributed by atoms with Crippen LogP contribution in [0.25, 0.3) is 10.2 Å². The molecule has 3 aromatic rings. The number of para-hydroxylation sites is 1. The Morgan fingerprint density at radius 1 is 1.06 bits per heavy atom. The highest BCUT2D eigenvalue weighted by Crippen LogP contribution is 2.35. The van der Waals surface area contributed by atoms with Gasteiger partial charge in [0.2, 0.25) is 0 Å². The van der Waals surface area contributed by atoms with Gasteiger partial charge in [-0.3, -0.25) is 9.48 Å². The molecule has 174 valence electrons. The molecule has 2 saturated heterocycles. The molecular weight excluding hydrogens is 456 g/mol. The van der Waals surface area contributed by atoms with Gasteiger partial charge in [-0.15, -0.1) is 11.3 Å². The molecule has 9 heteroatoms. The van der Waals surface area contributed by atoms with Crippen LogP contribution >= 0.6 is 11.3 Å². The van der Waals surface area contributed by atoms with Gasteiger partial charge in [-0.2, -0.15) is 5.10 Å². The minimum absolute atomic E-state index is 0.00973. The molecule has 1 atom stereocenters. The molecule has 7 nitrogen and oxygen atoms in total. The van der Waals surface area contributed by atoms with Gasteiger partial charge in [0.05, 0.1) is 32.8 Å². The Kier molecular flexibility index (Phi) is 5.29. The van der Waals surface area contributed by atoms with Gasteiger partial charge in [-0.05, 0) is 57.1 Å². The largest absolute Gasteiger partial charge is 0.337 e. The normalized spacial score (nSPS) is 23.2. The van der Waals surface area contributed by atoms with Gasteiger partial charge in [0, 0.05) is 30.3 Å². The Hall–Kier alpha value is -2.26. The van der Waals surface area contributed by atoms with Crippen molar-refractivity contribution in [3.63, 3.8) is 0 Å². The van der Waals surface area contributed by atoms with E-state index in [1.54, 1.807) is 11.3 Å². The third kappa shape index (κ3) is 3.89. The number of amides is 1. The standard InChI is InChI=1S/C24H28N4O3S2/c29-24(27-12-9-16(10-13-27)23-25-19-6-2-4-8-21(19)32-23)22-18-5-1-3-7-20(18)28(26-22)17-11-14-33(30,31)15-17/h2,4,6,8,16-17H,1,3,5,7,9-15H2/t17-/m0/s1. The van der Waals surface area contributed by atoms with Crippen LogP contribution in [0.5, 0.6) is 0 Å². The van der Waals surface area contributed by atoms with Crippen molar-refractivity contribution in [1.29, 1.82) is 0 Å². The highest BCUT2D eigenvalue weighted by Gasteiger charge is 2.36. The average Bonchev–Trinajstić information content (AvgIpc) is 3.53. The second-order valence-corrected chi connectivity index (χ2v) is 12.9. The van der Waals surface area contributed by atoms with E-state index in [9.17, 15) is 13.2 Å². The van der Waals surface area contributed by atoms with Crippen molar-refractivity contribution >= 4 is 37.3 Å². The maximum Gasteiger partial charge on any atom is 0.274 e. The average molecular weight is 485 g/mol. The number of piperidine rings is 1. The van der Waals surface area contributed by atoms with Crippen molar-refractivity contribution in [3.8, 4) is 0 Å². The van der Waals surface area contributed by atoms with Crippen molar-refractivity contribution in [3.05, 3.63) is 46.2 Å². The maximum absolute atomic E-state index is 13.5. The van der Waals surface area contributed by atoms with Crippen molar-refractivity contribution in [2.24, 2.45) is 0 Å². The number of carbonyl (C=O) groups is 1. The van der Waals surface area contributed by atoms with Gasteiger partial charge in [0.1, 0.15) is 0 Å². The number of aromatic nitrogens is 3. The molecule has 3 aliphatic rings. The van der Waals surface area contributed by atoms with Crippen LogP contribution in [-0.2, 0) is 22.7 Å². The molecule has 0 bridgehead atoms. The second kappa shape index (κ2) is 8.20. The molecule has 1 amide bonds. The molecule has 2 fully saturated rings. The van der Waals surface area contributed by atoms with Crippen molar-refractivity contribution in [2.45, 2.75) is 56.9 Å². The van der Waals surface area contributed by atoms with Crippen LogP contribution < -0.4 is 0 Å². The fourth-order valence-electron chi connectivity index (χ4n) is 5.61. The molecule has 4 heterocycles. The number of sulfone groups is 1. The van der Waals surface area contributed by atoms with E-state index in [1.807, 2.05) is 21.7 Å². The maximum atomic E-state index is 13.5. The summed E-state index contributed by atoms with van der Waals surface area (Å²) in [7, 11) is -3.01. The number of fused-ring (bicyclic) bond motifs is 2. The summed E-state index contributed by atoms with van der Waals surface area (Å²) in [5, 5.41) is 5.94. The van der Waals surface area contributed by atoms with E-state index in [0.29, 0.717) is 31.1 Å². The van der Waals surface area contributed by atoms with Gasteiger partial charge >= 0.3 is 0 Å². The summed E-state index contributed by atoms with van der Waals surface area (Å²) in [4.78, 5) is 20.3. The van der Waals surface area contributed by atoms with Crippen LogP contribution in [0.1, 0.15) is 70.8 Å². The zero-order valence-corrected chi connectivity index (χ0v) is 20.2. The predicted molar refractivity (Wildman–Crippen MR) is 129 cm³/mol. The zero-order chi connectivity index (χ0) is 22.6. The summed E-state index contributed by atoms with van der Waals surface area (Å²) in [5.74, 6) is 0.758. The molecule has 0 radical (unpaired) electrons. The van der Waals surface area contributed by atoms with Crippen molar-refractivity contribution in [2.75, 3.05) is 24.6 Å². The van der Waals surface area contributed by atoms with Crippen LogP contribution in [0.15, 0.2) is 24.3 Å². The summed E-state index contributed by atoms with van der Waals surface area (Å²) in [6.45, 7) is 1.41. The highest BCUT2D eigenvalue weighted by atomic mass is 32.2. The summed E-state index contributed by atoms with van der Waals surface area (Å²) >= 11 is 1.77. The Morgan fingerprint density at radius 2 is 1.85 bits per heavy atom. The van der Waals surface area contributed by atoms with E-state index in [1.165, 1.54) is 9.71 Å². The lowest BCUT2D eigenvalue weighted by Gasteiger charge is -2.31. The first-order chi connectivity index (χ1) is 16.0. The first kappa shape index (κ1) is 21.3. The molecule has 0 spiro atoms. The van der Waals surface area contributed by atoms with E-state index in [0.717, 1.165) is 55.3 Å². The van der Waals surface area contributed by atoms with Crippen molar-refractivity contribution < 1.29 is 13.2 Å². The number of thiazole rings is 1. The third-order valence-electron chi connectivity index (χ3n) is 7.41. The van der Waals surface area contributed by atoms with E-state index in [2.05, 4.69) is 12.1 Å². The first-order valence-electron chi connectivity index (χ1n) is 11.9. The lowest BCUT2D eigenvalue weighted by Crippen LogP contribution is -2.38. The number of hydrogen-bond acceptors (Lipinski definition) is 6. The van der Waals surface area contributed by atoms with Crippen LogP contribution in [0.3, 0.4) is 0 Å². The monoisotopic (exact) mass is 484 g/mol. The van der Waals surface area contributed by atoms with E-state index < -0.39 is 9.84 Å². The molecule has 0 N–H and O–H groups in total. The fraction of sp³-hybridized carbons (Fsp3) is 0.542. The van der Waals surface area contributed by atoms with E-state index in [-0.39, 0.29) is 23.5 Å². The van der Waals surface area contributed by atoms with Gasteiger partial charge in [-0.25, -0.2) is 13.4 Å². The van der Waals surface area contributed by atoms with Crippen LogP contribution in [0.4, 0.5) is 0 Å². The Morgan fingerprint density at radius 3 is 2.61 bits per heavy atom.